The zero-order valence-corrected chi connectivity index (χ0v) is 16.4. The monoisotopic (exact) mass is 396 g/mol. The highest BCUT2D eigenvalue weighted by Crippen LogP contribution is 2.27. The molecule has 0 aliphatic rings. The largest absolute Gasteiger partial charge is 0.495 e. The van der Waals surface area contributed by atoms with Gasteiger partial charge in [0.2, 0.25) is 0 Å². The molecule has 6 nitrogen and oxygen atoms in total. The Morgan fingerprint density at radius 2 is 1.50 bits per heavy atom. The van der Waals surface area contributed by atoms with E-state index in [1.165, 1.54) is 0 Å². The van der Waals surface area contributed by atoms with Crippen molar-refractivity contribution in [1.82, 2.24) is 9.97 Å². The number of para-hydroxylation sites is 3. The van der Waals surface area contributed by atoms with E-state index in [0.29, 0.717) is 23.1 Å². The van der Waals surface area contributed by atoms with E-state index in [2.05, 4.69) is 20.6 Å². The predicted molar refractivity (Wildman–Crippen MR) is 118 cm³/mol. The van der Waals surface area contributed by atoms with Crippen LogP contribution in [-0.2, 0) is 0 Å². The van der Waals surface area contributed by atoms with Gasteiger partial charge in [0.15, 0.2) is 5.82 Å². The topological polar surface area (TPSA) is 76.1 Å². The standard InChI is InChI=1S/C24H20N4O2/c1-30-21-15-9-8-14-19(21)26-22-16-20(24(29)25-18-12-6-3-7-13-18)27-23(28-22)17-10-4-2-5-11-17/h2-16H,1H3,(H,25,29)(H,26,27,28). The Balaban J connectivity index is 1.72. The Labute approximate surface area is 174 Å². The van der Waals surface area contributed by atoms with Gasteiger partial charge in [0.05, 0.1) is 12.8 Å². The number of methoxy groups -OCH3 is 1. The van der Waals surface area contributed by atoms with E-state index in [0.717, 1.165) is 11.3 Å². The molecule has 0 fully saturated rings. The van der Waals surface area contributed by atoms with Gasteiger partial charge < -0.3 is 15.4 Å². The van der Waals surface area contributed by atoms with Gasteiger partial charge in [-0.3, -0.25) is 4.79 Å². The fourth-order valence-corrected chi connectivity index (χ4v) is 2.95. The van der Waals surface area contributed by atoms with E-state index in [1.54, 1.807) is 13.2 Å². The smallest absolute Gasteiger partial charge is 0.274 e. The predicted octanol–water partition coefficient (Wildman–Crippen LogP) is 5.15. The van der Waals surface area contributed by atoms with Crippen LogP contribution in [0.15, 0.2) is 91.0 Å². The van der Waals surface area contributed by atoms with Crippen LogP contribution >= 0.6 is 0 Å². The Kier molecular flexibility index (Phi) is 5.66. The van der Waals surface area contributed by atoms with E-state index in [-0.39, 0.29) is 11.6 Å². The Morgan fingerprint density at radius 3 is 2.23 bits per heavy atom. The van der Waals surface area contributed by atoms with Crippen molar-refractivity contribution >= 4 is 23.1 Å². The van der Waals surface area contributed by atoms with Crippen LogP contribution in [-0.4, -0.2) is 23.0 Å². The van der Waals surface area contributed by atoms with Crippen molar-refractivity contribution in [3.8, 4) is 17.1 Å². The van der Waals surface area contributed by atoms with E-state index < -0.39 is 0 Å². The van der Waals surface area contributed by atoms with Crippen molar-refractivity contribution in [3.63, 3.8) is 0 Å². The quantitative estimate of drug-likeness (QED) is 0.471. The van der Waals surface area contributed by atoms with Crippen molar-refractivity contribution < 1.29 is 9.53 Å². The lowest BCUT2D eigenvalue weighted by Gasteiger charge is -2.13. The van der Waals surface area contributed by atoms with Gasteiger partial charge in [-0.25, -0.2) is 9.97 Å². The molecule has 4 aromatic rings. The fourth-order valence-electron chi connectivity index (χ4n) is 2.95. The molecule has 0 atom stereocenters. The highest BCUT2D eigenvalue weighted by atomic mass is 16.5. The van der Waals surface area contributed by atoms with Crippen LogP contribution in [0.2, 0.25) is 0 Å². The molecule has 0 radical (unpaired) electrons. The third kappa shape index (κ3) is 4.44. The molecule has 0 aliphatic carbocycles. The molecule has 0 unspecified atom stereocenters. The van der Waals surface area contributed by atoms with Gasteiger partial charge in [0, 0.05) is 17.3 Å². The van der Waals surface area contributed by atoms with Crippen LogP contribution in [0.25, 0.3) is 11.4 Å². The summed E-state index contributed by atoms with van der Waals surface area (Å²) in [5, 5.41) is 6.11. The minimum atomic E-state index is -0.316. The fraction of sp³-hybridized carbons (Fsp3) is 0.0417. The lowest BCUT2D eigenvalue weighted by Crippen LogP contribution is -2.15. The van der Waals surface area contributed by atoms with Crippen LogP contribution < -0.4 is 15.4 Å². The zero-order chi connectivity index (χ0) is 20.8. The number of benzene rings is 3. The lowest BCUT2D eigenvalue weighted by molar-refractivity contribution is 0.102. The molecule has 30 heavy (non-hydrogen) atoms. The Morgan fingerprint density at radius 1 is 0.833 bits per heavy atom. The number of rotatable bonds is 6. The van der Waals surface area contributed by atoms with Gasteiger partial charge >= 0.3 is 0 Å². The second-order valence-corrected chi connectivity index (χ2v) is 6.47. The van der Waals surface area contributed by atoms with Crippen LogP contribution in [0.4, 0.5) is 17.2 Å². The van der Waals surface area contributed by atoms with Crippen LogP contribution in [0, 0.1) is 0 Å². The minimum absolute atomic E-state index is 0.255. The molecule has 4 rings (SSSR count). The molecule has 2 N–H and O–H groups in total. The van der Waals surface area contributed by atoms with Gasteiger partial charge in [-0.1, -0.05) is 60.7 Å². The van der Waals surface area contributed by atoms with Crippen LogP contribution in [0.3, 0.4) is 0 Å². The summed E-state index contributed by atoms with van der Waals surface area (Å²) in [6.07, 6.45) is 0. The summed E-state index contributed by atoms with van der Waals surface area (Å²) < 4.78 is 5.40. The molecule has 148 valence electrons. The summed E-state index contributed by atoms with van der Waals surface area (Å²) in [4.78, 5) is 22.0. The number of carbonyl (C=O) groups excluding carboxylic acids is 1. The molecule has 0 aliphatic heterocycles. The van der Waals surface area contributed by atoms with Crippen molar-refractivity contribution in [2.45, 2.75) is 0 Å². The molecule has 0 spiro atoms. The average molecular weight is 396 g/mol. The highest BCUT2D eigenvalue weighted by molar-refractivity contribution is 6.03. The normalized spacial score (nSPS) is 10.3. The number of hydrogen-bond acceptors (Lipinski definition) is 5. The molecular weight excluding hydrogens is 376 g/mol. The van der Waals surface area contributed by atoms with Crippen molar-refractivity contribution in [1.29, 1.82) is 0 Å². The van der Waals surface area contributed by atoms with Gasteiger partial charge in [0.25, 0.3) is 5.91 Å². The second-order valence-electron chi connectivity index (χ2n) is 6.47. The number of ether oxygens (including phenoxy) is 1. The summed E-state index contributed by atoms with van der Waals surface area (Å²) >= 11 is 0. The molecular formula is C24H20N4O2. The van der Waals surface area contributed by atoms with E-state index in [4.69, 9.17) is 4.74 Å². The molecule has 0 saturated heterocycles. The summed E-state index contributed by atoms with van der Waals surface area (Å²) in [5.74, 6) is 1.30. The molecule has 1 aromatic heterocycles. The zero-order valence-electron chi connectivity index (χ0n) is 16.4. The number of hydrogen-bond donors (Lipinski definition) is 2. The van der Waals surface area contributed by atoms with Crippen molar-refractivity contribution in [3.05, 3.63) is 96.7 Å². The SMILES string of the molecule is COc1ccccc1Nc1cc(C(=O)Nc2ccccc2)nc(-c2ccccc2)n1. The number of amides is 1. The molecule has 1 heterocycles. The van der Waals surface area contributed by atoms with Gasteiger partial charge in [0.1, 0.15) is 17.3 Å². The first kappa shape index (κ1) is 19.1. The Hall–Kier alpha value is -4.19. The second kappa shape index (κ2) is 8.87. The first-order chi connectivity index (χ1) is 14.7. The van der Waals surface area contributed by atoms with Crippen LogP contribution in [0.5, 0.6) is 5.75 Å². The number of carbonyl (C=O) groups is 1. The van der Waals surface area contributed by atoms with Gasteiger partial charge in [-0.15, -0.1) is 0 Å². The van der Waals surface area contributed by atoms with Crippen LogP contribution in [0.1, 0.15) is 10.5 Å². The Bertz CT molecular complexity index is 1150. The van der Waals surface area contributed by atoms with Gasteiger partial charge in [-0.2, -0.15) is 0 Å². The lowest BCUT2D eigenvalue weighted by atomic mass is 10.2. The third-order valence-corrected chi connectivity index (χ3v) is 4.39. The number of anilines is 3. The van der Waals surface area contributed by atoms with Gasteiger partial charge in [-0.05, 0) is 24.3 Å². The number of aromatic nitrogens is 2. The summed E-state index contributed by atoms with van der Waals surface area (Å²) in [6.45, 7) is 0. The number of nitrogens with one attached hydrogen (secondary N) is 2. The summed E-state index contributed by atoms with van der Waals surface area (Å²) in [5.41, 5.74) is 2.51. The molecule has 3 aromatic carbocycles. The molecule has 0 saturated carbocycles. The molecule has 6 heteroatoms. The van der Waals surface area contributed by atoms with E-state index >= 15 is 0 Å². The molecule has 0 bridgehead atoms. The van der Waals surface area contributed by atoms with E-state index in [1.807, 2.05) is 84.9 Å². The van der Waals surface area contributed by atoms with Crippen molar-refractivity contribution in [2.75, 3.05) is 17.7 Å². The highest BCUT2D eigenvalue weighted by Gasteiger charge is 2.14. The van der Waals surface area contributed by atoms with Crippen molar-refractivity contribution in [2.24, 2.45) is 0 Å². The maximum atomic E-state index is 12.9. The minimum Gasteiger partial charge on any atom is -0.495 e. The number of nitrogens with zero attached hydrogens (tertiary/aromatic N) is 2. The third-order valence-electron chi connectivity index (χ3n) is 4.39. The maximum absolute atomic E-state index is 12.9. The maximum Gasteiger partial charge on any atom is 0.274 e. The summed E-state index contributed by atoms with van der Waals surface area (Å²) in [7, 11) is 1.61. The van der Waals surface area contributed by atoms with E-state index in [9.17, 15) is 4.79 Å². The first-order valence-electron chi connectivity index (χ1n) is 9.44. The summed E-state index contributed by atoms with van der Waals surface area (Å²) in [6, 6.07) is 27.9. The first-order valence-corrected chi connectivity index (χ1v) is 9.44. The average Bonchev–Trinajstić information content (AvgIpc) is 2.80. The molecule has 1 amide bonds.